The molecule has 0 aliphatic heterocycles. The summed E-state index contributed by atoms with van der Waals surface area (Å²) in [5.74, 6) is 0.408. The number of hydrogen-bond acceptors (Lipinski definition) is 7. The molecule has 0 fully saturated rings. The highest BCUT2D eigenvalue weighted by atomic mass is 16.6. The van der Waals surface area contributed by atoms with Crippen LogP contribution in [0.25, 0.3) is 6.08 Å². The summed E-state index contributed by atoms with van der Waals surface area (Å²) in [5, 5.41) is 10.7. The van der Waals surface area contributed by atoms with E-state index in [2.05, 4.69) is 4.98 Å². The average Bonchev–Trinajstić information content (AvgIpc) is 2.55. The van der Waals surface area contributed by atoms with Crippen LogP contribution in [0.15, 0.2) is 42.6 Å². The average molecular weight is 329 g/mol. The van der Waals surface area contributed by atoms with E-state index in [1.165, 1.54) is 42.6 Å². The highest BCUT2D eigenvalue weighted by Gasteiger charge is 2.10. The molecule has 0 unspecified atom stereocenters. The Morgan fingerprint density at radius 3 is 2.67 bits per heavy atom. The second-order valence-corrected chi connectivity index (χ2v) is 4.55. The summed E-state index contributed by atoms with van der Waals surface area (Å²) in [7, 11) is 0. The van der Waals surface area contributed by atoms with Crippen molar-refractivity contribution in [3.8, 4) is 11.5 Å². The number of esters is 1. The fourth-order valence-electron chi connectivity index (χ4n) is 1.83. The van der Waals surface area contributed by atoms with Crippen molar-refractivity contribution in [2.45, 2.75) is 6.92 Å². The maximum Gasteiger partial charge on any atom is 0.330 e. The number of pyridine rings is 1. The van der Waals surface area contributed by atoms with Crippen molar-refractivity contribution in [3.05, 3.63) is 58.3 Å². The Labute approximate surface area is 137 Å². The minimum Gasteiger partial charge on any atom is -0.463 e. The maximum absolute atomic E-state index is 11.4. The SMILES string of the molecule is CCOC(=O)/C=C/c1c(Oc2ccc([N+](=O)[O-])cc2)ccnc1N. The van der Waals surface area contributed by atoms with Crippen LogP contribution in [0.5, 0.6) is 11.5 Å². The highest BCUT2D eigenvalue weighted by molar-refractivity contribution is 5.88. The minimum absolute atomic E-state index is 0.0426. The van der Waals surface area contributed by atoms with Crippen LogP contribution >= 0.6 is 0 Å². The zero-order valence-electron chi connectivity index (χ0n) is 12.8. The first-order chi connectivity index (χ1) is 11.5. The first-order valence-electron chi connectivity index (χ1n) is 7.03. The van der Waals surface area contributed by atoms with Crippen molar-refractivity contribution < 1.29 is 19.2 Å². The molecule has 0 bridgehead atoms. The van der Waals surface area contributed by atoms with Gasteiger partial charge in [-0.15, -0.1) is 0 Å². The summed E-state index contributed by atoms with van der Waals surface area (Å²) in [6.07, 6.45) is 4.12. The molecule has 0 aliphatic carbocycles. The lowest BCUT2D eigenvalue weighted by Crippen LogP contribution is -2.00. The molecule has 0 spiro atoms. The standard InChI is InChI=1S/C16H15N3O5/c1-2-23-15(20)8-7-13-14(9-10-18-16(13)17)24-12-5-3-11(4-6-12)19(21)22/h3-10H,2H2,1H3,(H2,17,18)/b8-7+. The van der Waals surface area contributed by atoms with E-state index < -0.39 is 10.9 Å². The number of non-ortho nitro benzene ring substituents is 1. The van der Waals surface area contributed by atoms with Gasteiger partial charge in [-0.2, -0.15) is 0 Å². The molecule has 1 aromatic carbocycles. The van der Waals surface area contributed by atoms with Crippen molar-refractivity contribution in [3.63, 3.8) is 0 Å². The van der Waals surface area contributed by atoms with Crippen LogP contribution < -0.4 is 10.5 Å². The Morgan fingerprint density at radius 1 is 1.33 bits per heavy atom. The molecule has 2 aromatic rings. The molecule has 24 heavy (non-hydrogen) atoms. The van der Waals surface area contributed by atoms with Crippen LogP contribution in [0.1, 0.15) is 12.5 Å². The molecular formula is C16H15N3O5. The van der Waals surface area contributed by atoms with Crippen molar-refractivity contribution in [1.29, 1.82) is 0 Å². The molecule has 0 radical (unpaired) electrons. The van der Waals surface area contributed by atoms with Gasteiger partial charge in [0.2, 0.25) is 0 Å². The molecule has 0 saturated heterocycles. The van der Waals surface area contributed by atoms with Crippen molar-refractivity contribution >= 4 is 23.6 Å². The first-order valence-corrected chi connectivity index (χ1v) is 7.03. The number of anilines is 1. The van der Waals surface area contributed by atoms with Crippen LogP contribution in [0.3, 0.4) is 0 Å². The van der Waals surface area contributed by atoms with Crippen LogP contribution in [-0.4, -0.2) is 22.5 Å². The highest BCUT2D eigenvalue weighted by Crippen LogP contribution is 2.30. The number of carbonyl (C=O) groups excluding carboxylic acids is 1. The molecule has 2 rings (SSSR count). The van der Waals surface area contributed by atoms with Gasteiger partial charge in [-0.1, -0.05) is 0 Å². The summed E-state index contributed by atoms with van der Waals surface area (Å²) in [6.45, 7) is 1.96. The lowest BCUT2D eigenvalue weighted by molar-refractivity contribution is -0.384. The second-order valence-electron chi connectivity index (χ2n) is 4.55. The lowest BCUT2D eigenvalue weighted by atomic mass is 10.2. The van der Waals surface area contributed by atoms with Gasteiger partial charge >= 0.3 is 5.97 Å². The number of ether oxygens (including phenoxy) is 2. The molecule has 1 heterocycles. The molecule has 2 N–H and O–H groups in total. The quantitative estimate of drug-likeness (QED) is 0.374. The summed E-state index contributed by atoms with van der Waals surface area (Å²) in [6, 6.07) is 7.16. The summed E-state index contributed by atoms with van der Waals surface area (Å²) < 4.78 is 10.5. The number of nitro groups is 1. The molecule has 0 aliphatic rings. The van der Waals surface area contributed by atoms with E-state index >= 15 is 0 Å². The molecule has 0 amide bonds. The Kier molecular flexibility index (Phi) is 5.45. The van der Waals surface area contributed by atoms with Crippen LogP contribution in [0.4, 0.5) is 11.5 Å². The van der Waals surface area contributed by atoms with E-state index in [-0.39, 0.29) is 18.1 Å². The first kappa shape index (κ1) is 16.9. The van der Waals surface area contributed by atoms with Crippen molar-refractivity contribution in [1.82, 2.24) is 4.98 Å². The smallest absolute Gasteiger partial charge is 0.330 e. The molecule has 124 valence electrons. The number of rotatable bonds is 6. The number of hydrogen-bond donors (Lipinski definition) is 1. The van der Waals surface area contributed by atoms with Gasteiger partial charge in [-0.25, -0.2) is 9.78 Å². The van der Waals surface area contributed by atoms with E-state index in [9.17, 15) is 14.9 Å². The summed E-state index contributed by atoms with van der Waals surface area (Å²) in [5.41, 5.74) is 6.18. The number of aromatic nitrogens is 1. The molecule has 0 atom stereocenters. The monoisotopic (exact) mass is 329 g/mol. The predicted octanol–water partition coefficient (Wildman–Crippen LogP) is 2.94. The Balaban J connectivity index is 2.25. The van der Waals surface area contributed by atoms with E-state index in [1.807, 2.05) is 0 Å². The zero-order chi connectivity index (χ0) is 17.5. The van der Waals surface area contributed by atoms with E-state index in [1.54, 1.807) is 13.0 Å². The lowest BCUT2D eigenvalue weighted by Gasteiger charge is -2.10. The van der Waals surface area contributed by atoms with Crippen LogP contribution in [-0.2, 0) is 9.53 Å². The van der Waals surface area contributed by atoms with Gasteiger partial charge < -0.3 is 15.2 Å². The Morgan fingerprint density at radius 2 is 2.04 bits per heavy atom. The molecular weight excluding hydrogens is 314 g/mol. The third-order valence-corrected chi connectivity index (χ3v) is 2.93. The fraction of sp³-hybridized carbons (Fsp3) is 0.125. The van der Waals surface area contributed by atoms with E-state index in [0.29, 0.717) is 17.1 Å². The molecule has 1 aromatic heterocycles. The number of nitrogens with two attached hydrogens (primary N) is 1. The number of carbonyl (C=O) groups is 1. The number of nitro benzene ring substituents is 1. The normalized spacial score (nSPS) is 10.5. The van der Waals surface area contributed by atoms with Crippen LogP contribution in [0, 0.1) is 10.1 Å². The predicted molar refractivity (Wildman–Crippen MR) is 87.5 cm³/mol. The third kappa shape index (κ3) is 4.29. The van der Waals surface area contributed by atoms with E-state index in [4.69, 9.17) is 15.2 Å². The fourth-order valence-corrected chi connectivity index (χ4v) is 1.83. The molecule has 0 saturated carbocycles. The summed E-state index contributed by atoms with van der Waals surface area (Å²) >= 11 is 0. The van der Waals surface area contributed by atoms with Gasteiger partial charge in [0.15, 0.2) is 0 Å². The third-order valence-electron chi connectivity index (χ3n) is 2.93. The maximum atomic E-state index is 11.4. The Hall–Kier alpha value is -3.42. The number of nitrogen functional groups attached to an aromatic ring is 1. The molecule has 8 heteroatoms. The summed E-state index contributed by atoms with van der Waals surface area (Å²) in [4.78, 5) is 25.5. The van der Waals surface area contributed by atoms with Gasteiger partial charge in [0, 0.05) is 24.4 Å². The van der Waals surface area contributed by atoms with Gasteiger partial charge in [0.25, 0.3) is 5.69 Å². The van der Waals surface area contributed by atoms with Gasteiger partial charge in [0.05, 0.1) is 17.1 Å². The largest absolute Gasteiger partial charge is 0.463 e. The van der Waals surface area contributed by atoms with E-state index in [0.717, 1.165) is 0 Å². The number of nitrogens with zero attached hydrogens (tertiary/aromatic N) is 2. The topological polar surface area (TPSA) is 118 Å². The van der Waals surface area contributed by atoms with Crippen molar-refractivity contribution in [2.24, 2.45) is 0 Å². The van der Waals surface area contributed by atoms with Crippen molar-refractivity contribution in [2.75, 3.05) is 12.3 Å². The van der Waals surface area contributed by atoms with Gasteiger partial charge in [-0.05, 0) is 31.2 Å². The molecule has 8 nitrogen and oxygen atoms in total. The number of benzene rings is 1. The minimum atomic E-state index is -0.512. The second kappa shape index (κ2) is 7.73. The Bertz CT molecular complexity index is 772. The zero-order valence-corrected chi connectivity index (χ0v) is 12.8. The van der Waals surface area contributed by atoms with Gasteiger partial charge in [-0.3, -0.25) is 10.1 Å². The van der Waals surface area contributed by atoms with Crippen LogP contribution in [0.2, 0.25) is 0 Å². The van der Waals surface area contributed by atoms with Gasteiger partial charge in [0.1, 0.15) is 17.3 Å².